The molecule has 7 nitrogen and oxygen atoms in total. The molecule has 1 heterocycles. The maximum absolute atomic E-state index is 12.1. The first kappa shape index (κ1) is 21.7. The fourth-order valence-electron chi connectivity index (χ4n) is 2.04. The number of hydrogen-bond donors (Lipinski definition) is 1. The second-order valence-electron chi connectivity index (χ2n) is 7.03. The molecule has 1 N–H and O–H groups in total. The number of halogens is 1. The third kappa shape index (κ3) is 8.02. The lowest BCUT2D eigenvalue weighted by molar-refractivity contribution is 0.0487. The number of rotatable bonds is 6. The molecule has 0 fully saturated rings. The minimum absolute atomic E-state index is 0.0295. The molecule has 1 aromatic rings. The van der Waals surface area contributed by atoms with Gasteiger partial charge in [-0.3, -0.25) is 9.17 Å². The Morgan fingerprint density at radius 1 is 1.36 bits per heavy atom. The van der Waals surface area contributed by atoms with Crippen molar-refractivity contribution < 1.29 is 22.1 Å². The summed E-state index contributed by atoms with van der Waals surface area (Å²) in [4.78, 5) is 16.4. The van der Waals surface area contributed by atoms with Crippen molar-refractivity contribution in [1.82, 2.24) is 10.3 Å². The molecule has 9 heteroatoms. The molecule has 1 aromatic heterocycles. The number of pyridine rings is 1. The van der Waals surface area contributed by atoms with Crippen molar-refractivity contribution in [1.29, 1.82) is 0 Å². The van der Waals surface area contributed by atoms with Crippen molar-refractivity contribution in [3.63, 3.8) is 0 Å². The van der Waals surface area contributed by atoms with E-state index in [1.165, 1.54) is 6.20 Å². The minimum Gasteiger partial charge on any atom is -0.444 e. The van der Waals surface area contributed by atoms with Gasteiger partial charge in [0.25, 0.3) is 10.1 Å². The molecule has 0 aliphatic rings. The molecule has 1 rings (SSSR count). The maximum atomic E-state index is 12.1. The summed E-state index contributed by atoms with van der Waals surface area (Å²) in [6.45, 7) is 8.88. The standard InChI is InChI=1S/C16H25ClN2O5S/c1-10(2)13(19-15(20)24-16(3,4)5)14-11(7-12(17)8-18-14)9-23-25(6,21)22/h7-8,10,13H,9H2,1-6H3,(H,19,20)/t13-/m0/s1. The topological polar surface area (TPSA) is 94.6 Å². The highest BCUT2D eigenvalue weighted by Gasteiger charge is 2.26. The SMILES string of the molecule is CC(C)[C@H](NC(=O)OC(C)(C)C)c1ncc(Cl)cc1COS(C)(=O)=O. The van der Waals surface area contributed by atoms with Gasteiger partial charge in [0.1, 0.15) is 5.60 Å². The van der Waals surface area contributed by atoms with Crippen LogP contribution in [0.15, 0.2) is 12.3 Å². The van der Waals surface area contributed by atoms with E-state index in [1.807, 2.05) is 13.8 Å². The first-order chi connectivity index (χ1) is 11.3. The Kier molecular flexibility index (Phi) is 7.22. The molecule has 142 valence electrons. The monoisotopic (exact) mass is 392 g/mol. The van der Waals surface area contributed by atoms with Gasteiger partial charge in [0.15, 0.2) is 0 Å². The van der Waals surface area contributed by atoms with E-state index in [2.05, 4.69) is 10.3 Å². The van der Waals surface area contributed by atoms with Crippen LogP contribution in [0.25, 0.3) is 0 Å². The van der Waals surface area contributed by atoms with Crippen LogP contribution >= 0.6 is 11.6 Å². The number of aromatic nitrogens is 1. The Morgan fingerprint density at radius 2 is 1.96 bits per heavy atom. The third-order valence-electron chi connectivity index (χ3n) is 3.03. The number of carbonyl (C=O) groups is 1. The van der Waals surface area contributed by atoms with E-state index in [9.17, 15) is 13.2 Å². The summed E-state index contributed by atoms with van der Waals surface area (Å²) in [5.41, 5.74) is 0.322. The van der Waals surface area contributed by atoms with Gasteiger partial charge >= 0.3 is 6.09 Å². The lowest BCUT2D eigenvalue weighted by Gasteiger charge is -2.26. The van der Waals surface area contributed by atoms with E-state index in [0.717, 1.165) is 6.26 Å². The summed E-state index contributed by atoms with van der Waals surface area (Å²) >= 11 is 5.96. The molecule has 25 heavy (non-hydrogen) atoms. The van der Waals surface area contributed by atoms with Crippen LogP contribution in [0.1, 0.15) is 51.9 Å². The van der Waals surface area contributed by atoms with E-state index in [4.69, 9.17) is 20.5 Å². The van der Waals surface area contributed by atoms with Crippen molar-refractivity contribution in [2.24, 2.45) is 5.92 Å². The van der Waals surface area contributed by atoms with Crippen LogP contribution in [0.4, 0.5) is 4.79 Å². The number of hydrogen-bond acceptors (Lipinski definition) is 6. The first-order valence-corrected chi connectivity index (χ1v) is 9.96. The Balaban J connectivity index is 3.12. The van der Waals surface area contributed by atoms with Crippen molar-refractivity contribution in [2.45, 2.75) is 52.9 Å². The number of nitrogens with one attached hydrogen (secondary N) is 1. The highest BCUT2D eigenvalue weighted by Crippen LogP contribution is 2.26. The van der Waals surface area contributed by atoms with Crippen LogP contribution in [0.2, 0.25) is 5.02 Å². The summed E-state index contributed by atoms with van der Waals surface area (Å²) in [6, 6.07) is 1.08. The highest BCUT2D eigenvalue weighted by atomic mass is 35.5. The third-order valence-corrected chi connectivity index (χ3v) is 3.78. The van der Waals surface area contributed by atoms with Crippen molar-refractivity contribution in [3.8, 4) is 0 Å². The van der Waals surface area contributed by atoms with Gasteiger partial charge in [-0.2, -0.15) is 8.42 Å². The van der Waals surface area contributed by atoms with E-state index in [-0.39, 0.29) is 12.5 Å². The molecule has 0 bridgehead atoms. The number of carbonyl (C=O) groups excluding carboxylic acids is 1. The molecule has 1 atom stereocenters. The molecule has 0 aromatic carbocycles. The molecule has 0 spiro atoms. The van der Waals surface area contributed by atoms with Crippen LogP contribution in [-0.4, -0.2) is 31.4 Å². The fraction of sp³-hybridized carbons (Fsp3) is 0.625. The second kappa shape index (κ2) is 8.33. The lowest BCUT2D eigenvalue weighted by atomic mass is 9.97. The molecule has 1 amide bonds. The summed E-state index contributed by atoms with van der Waals surface area (Å²) < 4.78 is 32.7. The second-order valence-corrected chi connectivity index (χ2v) is 9.11. The van der Waals surface area contributed by atoms with E-state index in [1.54, 1.807) is 26.8 Å². The Bertz CT molecular complexity index is 714. The predicted octanol–water partition coefficient (Wildman–Crippen LogP) is 3.43. The van der Waals surface area contributed by atoms with Crippen LogP contribution in [-0.2, 0) is 25.6 Å². The molecule has 0 aliphatic carbocycles. The van der Waals surface area contributed by atoms with Crippen molar-refractivity contribution >= 4 is 27.8 Å². The van der Waals surface area contributed by atoms with Crippen LogP contribution < -0.4 is 5.32 Å². The van der Waals surface area contributed by atoms with Gasteiger partial charge in [0, 0.05) is 11.8 Å². The predicted molar refractivity (Wildman–Crippen MR) is 95.8 cm³/mol. The zero-order chi connectivity index (χ0) is 19.4. The maximum Gasteiger partial charge on any atom is 0.408 e. The molecule has 0 radical (unpaired) electrons. The zero-order valence-electron chi connectivity index (χ0n) is 15.3. The van der Waals surface area contributed by atoms with Gasteiger partial charge in [-0.15, -0.1) is 0 Å². The van der Waals surface area contributed by atoms with Crippen molar-refractivity contribution in [3.05, 3.63) is 28.5 Å². The molecule has 0 saturated heterocycles. The van der Waals surface area contributed by atoms with Crippen LogP contribution in [0.5, 0.6) is 0 Å². The Hall–Kier alpha value is -1.38. The minimum atomic E-state index is -3.63. The number of amides is 1. The average molecular weight is 393 g/mol. The Labute approximate surface area is 154 Å². The van der Waals surface area contributed by atoms with Gasteiger partial charge in [-0.1, -0.05) is 25.4 Å². The average Bonchev–Trinajstić information content (AvgIpc) is 2.40. The number of nitrogens with zero attached hydrogens (tertiary/aromatic N) is 1. The molecule has 0 unspecified atom stereocenters. The number of ether oxygens (including phenoxy) is 1. The molecular formula is C16H25ClN2O5S. The van der Waals surface area contributed by atoms with Crippen LogP contribution in [0, 0.1) is 5.92 Å². The summed E-state index contributed by atoms with van der Waals surface area (Å²) in [5.74, 6) is -0.0295. The van der Waals surface area contributed by atoms with Crippen molar-refractivity contribution in [2.75, 3.05) is 6.26 Å². The van der Waals surface area contributed by atoms with Gasteiger partial charge in [0.05, 0.1) is 29.6 Å². The van der Waals surface area contributed by atoms with Crippen LogP contribution in [0.3, 0.4) is 0 Å². The smallest absolute Gasteiger partial charge is 0.408 e. The Morgan fingerprint density at radius 3 is 2.44 bits per heavy atom. The first-order valence-electron chi connectivity index (χ1n) is 7.77. The molecule has 0 saturated carbocycles. The lowest BCUT2D eigenvalue weighted by Crippen LogP contribution is -2.37. The normalized spacial score (nSPS) is 13.6. The quantitative estimate of drug-likeness (QED) is 0.745. The summed E-state index contributed by atoms with van der Waals surface area (Å²) in [6.07, 6.45) is 1.81. The van der Waals surface area contributed by atoms with Gasteiger partial charge in [-0.05, 0) is 32.8 Å². The highest BCUT2D eigenvalue weighted by molar-refractivity contribution is 7.85. The molecular weight excluding hydrogens is 368 g/mol. The number of alkyl carbamates (subject to hydrolysis) is 1. The summed E-state index contributed by atoms with van der Waals surface area (Å²) in [5, 5.41) is 3.12. The zero-order valence-corrected chi connectivity index (χ0v) is 16.9. The van der Waals surface area contributed by atoms with E-state index < -0.39 is 27.9 Å². The molecule has 0 aliphatic heterocycles. The van der Waals surface area contributed by atoms with Gasteiger partial charge < -0.3 is 10.1 Å². The largest absolute Gasteiger partial charge is 0.444 e. The van der Waals surface area contributed by atoms with Gasteiger partial charge in [0.2, 0.25) is 0 Å². The van der Waals surface area contributed by atoms with Gasteiger partial charge in [-0.25, -0.2) is 4.79 Å². The fourth-order valence-corrected chi connectivity index (χ4v) is 2.56. The van der Waals surface area contributed by atoms with E-state index in [0.29, 0.717) is 16.3 Å². The van der Waals surface area contributed by atoms with E-state index >= 15 is 0 Å². The summed E-state index contributed by atoms with van der Waals surface area (Å²) in [7, 11) is -3.63.